The van der Waals surface area contributed by atoms with Gasteiger partial charge in [-0.15, -0.1) is 0 Å². The Kier molecular flexibility index (Phi) is 7.13. The van der Waals surface area contributed by atoms with Crippen molar-refractivity contribution in [3.05, 3.63) is 29.3 Å². The van der Waals surface area contributed by atoms with Crippen molar-refractivity contribution in [3.8, 4) is 5.75 Å². The maximum Gasteiger partial charge on any atom is 0.275 e. The predicted octanol–water partition coefficient (Wildman–Crippen LogP) is -0.0181. The van der Waals surface area contributed by atoms with Crippen molar-refractivity contribution in [1.29, 1.82) is 0 Å². The first-order chi connectivity index (χ1) is 13.0. The Morgan fingerprint density at radius 2 is 1.85 bits per heavy atom. The Hall–Kier alpha value is -1.59. The summed E-state index contributed by atoms with van der Waals surface area (Å²) >= 11 is 0. The number of hydrogen-bond donors (Lipinski definition) is 3. The molecule has 5 heteroatoms. The maximum absolute atomic E-state index is 12.5. The van der Waals surface area contributed by atoms with Crippen LogP contribution in [0.25, 0.3) is 0 Å². The molecule has 1 saturated heterocycles. The van der Waals surface area contributed by atoms with Crippen LogP contribution in [0.5, 0.6) is 5.75 Å². The lowest BCUT2D eigenvalue weighted by Gasteiger charge is -2.32. The number of benzene rings is 1. The second-order valence-corrected chi connectivity index (χ2v) is 8.60. The van der Waals surface area contributed by atoms with Crippen LogP contribution in [0.1, 0.15) is 43.7 Å². The highest BCUT2D eigenvalue weighted by atomic mass is 16.5. The molecule has 2 aliphatic rings. The van der Waals surface area contributed by atoms with E-state index in [0.717, 1.165) is 44.9 Å². The van der Waals surface area contributed by atoms with Gasteiger partial charge in [0.05, 0.1) is 7.11 Å². The minimum Gasteiger partial charge on any atom is -0.496 e. The number of quaternary nitrogens is 2. The smallest absolute Gasteiger partial charge is 0.275 e. The van der Waals surface area contributed by atoms with E-state index in [4.69, 9.17) is 4.74 Å². The largest absolute Gasteiger partial charge is 0.496 e. The third-order valence-corrected chi connectivity index (χ3v) is 6.41. The molecule has 27 heavy (non-hydrogen) atoms. The van der Waals surface area contributed by atoms with Crippen LogP contribution in [0.15, 0.2) is 18.2 Å². The fourth-order valence-corrected chi connectivity index (χ4v) is 4.64. The molecule has 1 aliphatic heterocycles. The molecular formula is C22H37N3O2+2. The van der Waals surface area contributed by atoms with E-state index in [0.29, 0.717) is 18.5 Å². The summed E-state index contributed by atoms with van der Waals surface area (Å²) in [7, 11) is 1.75. The molecule has 5 nitrogen and oxygen atoms in total. The van der Waals surface area contributed by atoms with Gasteiger partial charge in [0.2, 0.25) is 0 Å². The molecule has 3 N–H and O–H groups in total. The second-order valence-electron chi connectivity index (χ2n) is 8.60. The van der Waals surface area contributed by atoms with Crippen molar-refractivity contribution in [3.63, 3.8) is 0 Å². The summed E-state index contributed by atoms with van der Waals surface area (Å²) in [6.45, 7) is 10.4. The summed E-state index contributed by atoms with van der Waals surface area (Å²) in [6, 6.07) is 6.81. The molecule has 2 atom stereocenters. The number of rotatable bonds is 6. The van der Waals surface area contributed by atoms with Crippen LogP contribution in [-0.4, -0.2) is 51.8 Å². The average Bonchev–Trinajstić information content (AvgIpc) is 2.65. The van der Waals surface area contributed by atoms with Crippen LogP contribution in [0.4, 0.5) is 0 Å². The standard InChI is InChI=1S/C22H35N3O2/c1-17-8-9-21(27-3)19(14-17)15-24-10-12-25(13-11-24)16-22(26)23-20-7-5-4-6-18(20)2/h8-9,14,18,20H,4-7,10-13,15-16H2,1-3H3,(H,23,26)/p+2/t18-,20-/m0/s1. The zero-order valence-corrected chi connectivity index (χ0v) is 17.3. The van der Waals surface area contributed by atoms with E-state index in [1.165, 1.54) is 35.3 Å². The van der Waals surface area contributed by atoms with E-state index in [1.54, 1.807) is 12.0 Å². The van der Waals surface area contributed by atoms with Crippen LogP contribution in [-0.2, 0) is 11.3 Å². The molecule has 0 unspecified atom stereocenters. The Balaban J connectivity index is 1.43. The van der Waals surface area contributed by atoms with Gasteiger partial charge in [0.25, 0.3) is 5.91 Å². The average molecular weight is 376 g/mol. The maximum atomic E-state index is 12.5. The molecule has 0 spiro atoms. The van der Waals surface area contributed by atoms with Crippen molar-refractivity contribution in [1.82, 2.24) is 5.32 Å². The van der Waals surface area contributed by atoms with E-state index in [2.05, 4.69) is 37.4 Å². The summed E-state index contributed by atoms with van der Waals surface area (Å²) in [5, 5.41) is 3.31. The summed E-state index contributed by atoms with van der Waals surface area (Å²) in [4.78, 5) is 15.5. The molecule has 0 radical (unpaired) electrons. The summed E-state index contributed by atoms with van der Waals surface area (Å²) in [5.41, 5.74) is 2.57. The minimum atomic E-state index is 0.243. The Bertz CT molecular complexity index is 626. The van der Waals surface area contributed by atoms with Crippen molar-refractivity contribution >= 4 is 5.91 Å². The number of amides is 1. The van der Waals surface area contributed by atoms with E-state index in [9.17, 15) is 4.79 Å². The van der Waals surface area contributed by atoms with Gasteiger partial charge in [0.1, 0.15) is 38.5 Å². The number of carbonyl (C=O) groups is 1. The van der Waals surface area contributed by atoms with Gasteiger partial charge < -0.3 is 19.9 Å². The van der Waals surface area contributed by atoms with Crippen LogP contribution >= 0.6 is 0 Å². The number of hydrogen-bond acceptors (Lipinski definition) is 2. The highest BCUT2D eigenvalue weighted by Gasteiger charge is 2.28. The highest BCUT2D eigenvalue weighted by molar-refractivity contribution is 5.77. The number of nitrogens with one attached hydrogen (secondary N) is 3. The third kappa shape index (κ3) is 5.69. The predicted molar refractivity (Wildman–Crippen MR) is 107 cm³/mol. The first-order valence-corrected chi connectivity index (χ1v) is 10.6. The lowest BCUT2D eigenvalue weighted by Crippen LogP contribution is -3.28. The van der Waals surface area contributed by atoms with Crippen molar-refractivity contribution < 1.29 is 19.3 Å². The Labute approximate surface area is 164 Å². The summed E-state index contributed by atoms with van der Waals surface area (Å²) < 4.78 is 5.52. The molecule has 0 bridgehead atoms. The third-order valence-electron chi connectivity index (χ3n) is 6.41. The molecule has 1 saturated carbocycles. The normalized spacial score (nSPS) is 28.6. The Morgan fingerprint density at radius 3 is 2.56 bits per heavy atom. The van der Waals surface area contributed by atoms with Gasteiger partial charge >= 0.3 is 0 Å². The topological polar surface area (TPSA) is 47.2 Å². The molecule has 1 aromatic carbocycles. The number of aryl methyl sites for hydroxylation is 1. The fraction of sp³-hybridized carbons (Fsp3) is 0.682. The van der Waals surface area contributed by atoms with E-state index in [1.807, 2.05) is 0 Å². The monoisotopic (exact) mass is 375 g/mol. The molecule has 3 rings (SSSR count). The lowest BCUT2D eigenvalue weighted by molar-refractivity contribution is -1.02. The van der Waals surface area contributed by atoms with Gasteiger partial charge in [0.15, 0.2) is 6.54 Å². The Morgan fingerprint density at radius 1 is 1.15 bits per heavy atom. The lowest BCUT2D eigenvalue weighted by atomic mass is 9.86. The van der Waals surface area contributed by atoms with Crippen molar-refractivity contribution in [2.24, 2.45) is 5.92 Å². The first kappa shape index (κ1) is 20.2. The molecule has 0 aromatic heterocycles. The highest BCUT2D eigenvalue weighted by Crippen LogP contribution is 2.23. The fourth-order valence-electron chi connectivity index (χ4n) is 4.64. The van der Waals surface area contributed by atoms with Gasteiger partial charge in [0, 0.05) is 11.6 Å². The van der Waals surface area contributed by atoms with E-state index in [-0.39, 0.29) is 5.91 Å². The molecule has 1 heterocycles. The molecule has 1 aromatic rings. The van der Waals surface area contributed by atoms with Gasteiger partial charge in [-0.05, 0) is 37.8 Å². The van der Waals surface area contributed by atoms with Crippen molar-refractivity contribution in [2.75, 3.05) is 39.8 Å². The van der Waals surface area contributed by atoms with Gasteiger partial charge in [-0.2, -0.15) is 0 Å². The first-order valence-electron chi connectivity index (χ1n) is 10.6. The van der Waals surface area contributed by atoms with Crippen LogP contribution in [0.2, 0.25) is 0 Å². The van der Waals surface area contributed by atoms with Gasteiger partial charge in [-0.3, -0.25) is 4.79 Å². The number of methoxy groups -OCH3 is 1. The van der Waals surface area contributed by atoms with Crippen LogP contribution < -0.4 is 19.9 Å². The van der Waals surface area contributed by atoms with Gasteiger partial charge in [-0.1, -0.05) is 31.4 Å². The minimum absolute atomic E-state index is 0.243. The molecule has 1 aliphatic carbocycles. The van der Waals surface area contributed by atoms with Crippen molar-refractivity contribution in [2.45, 2.75) is 52.1 Å². The SMILES string of the molecule is COc1ccc(C)cc1C[NH+]1CC[NH+](CC(=O)N[C@H]2CCCC[C@@H]2C)CC1. The van der Waals surface area contributed by atoms with E-state index < -0.39 is 0 Å². The van der Waals surface area contributed by atoms with Crippen LogP contribution in [0, 0.1) is 12.8 Å². The second kappa shape index (κ2) is 9.56. The van der Waals surface area contributed by atoms with E-state index >= 15 is 0 Å². The molecular weight excluding hydrogens is 338 g/mol. The van der Waals surface area contributed by atoms with Crippen LogP contribution in [0.3, 0.4) is 0 Å². The molecule has 1 amide bonds. The molecule has 150 valence electrons. The summed E-state index contributed by atoms with van der Waals surface area (Å²) in [5.74, 6) is 1.86. The number of carbonyl (C=O) groups excluding carboxylic acids is 1. The van der Waals surface area contributed by atoms with Gasteiger partial charge in [-0.25, -0.2) is 0 Å². The quantitative estimate of drug-likeness (QED) is 0.655. The zero-order chi connectivity index (χ0) is 19.2. The number of piperazine rings is 1. The zero-order valence-electron chi connectivity index (χ0n) is 17.3. The number of ether oxygens (including phenoxy) is 1. The molecule has 2 fully saturated rings. The summed E-state index contributed by atoms with van der Waals surface area (Å²) in [6.07, 6.45) is 4.97.